The molecule has 3 aromatic rings. The second kappa shape index (κ2) is 13.2. The van der Waals surface area contributed by atoms with Crippen molar-refractivity contribution in [2.75, 3.05) is 36.8 Å². The van der Waals surface area contributed by atoms with Gasteiger partial charge in [0.15, 0.2) is 5.13 Å². The molecule has 1 heterocycles. The average Bonchev–Trinajstić information content (AvgIpc) is 3.22. The second-order valence-electron chi connectivity index (χ2n) is 7.60. The monoisotopic (exact) mass is 491 g/mol. The number of thiazole rings is 1. The SMILES string of the molecule is CCc1cccc2sc(N(CCN(CC)CC)C(=O)CCSc3ccc(C)cc3)nc12.Cl. The first-order valence-electron chi connectivity index (χ1n) is 11.2. The number of thioether (sulfide) groups is 1. The van der Waals surface area contributed by atoms with Gasteiger partial charge in [-0.25, -0.2) is 4.98 Å². The van der Waals surface area contributed by atoms with Gasteiger partial charge in [0.1, 0.15) is 0 Å². The summed E-state index contributed by atoms with van der Waals surface area (Å²) in [5.74, 6) is 0.929. The molecule has 0 aliphatic heterocycles. The van der Waals surface area contributed by atoms with Crippen LogP contribution in [0.3, 0.4) is 0 Å². The van der Waals surface area contributed by atoms with Gasteiger partial charge < -0.3 is 4.90 Å². The van der Waals surface area contributed by atoms with Crippen LogP contribution in [-0.4, -0.2) is 47.7 Å². The summed E-state index contributed by atoms with van der Waals surface area (Å²) in [6.07, 6.45) is 1.45. The number of amides is 1. The summed E-state index contributed by atoms with van der Waals surface area (Å²) in [6.45, 7) is 12.1. The summed E-state index contributed by atoms with van der Waals surface area (Å²) in [5, 5.41) is 0.827. The Hall–Kier alpha value is -1.60. The minimum Gasteiger partial charge on any atom is -0.302 e. The van der Waals surface area contributed by atoms with Gasteiger partial charge >= 0.3 is 0 Å². The van der Waals surface area contributed by atoms with E-state index >= 15 is 0 Å². The van der Waals surface area contributed by atoms with Crippen LogP contribution in [0.25, 0.3) is 10.2 Å². The van der Waals surface area contributed by atoms with Crippen LogP contribution in [0.15, 0.2) is 47.4 Å². The number of halogens is 1. The molecular weight excluding hydrogens is 458 g/mol. The first kappa shape index (κ1) is 26.7. The quantitative estimate of drug-likeness (QED) is 0.289. The second-order valence-corrected chi connectivity index (χ2v) is 9.78. The van der Waals surface area contributed by atoms with Gasteiger partial charge in [-0.1, -0.05) is 61.9 Å². The first-order chi connectivity index (χ1) is 15.0. The number of anilines is 1. The van der Waals surface area contributed by atoms with E-state index < -0.39 is 0 Å². The fourth-order valence-electron chi connectivity index (χ4n) is 3.53. The van der Waals surface area contributed by atoms with E-state index in [1.54, 1.807) is 23.1 Å². The van der Waals surface area contributed by atoms with Crippen LogP contribution < -0.4 is 4.90 Å². The molecule has 0 fully saturated rings. The number of hydrogen-bond acceptors (Lipinski definition) is 5. The van der Waals surface area contributed by atoms with Gasteiger partial charge in [0.2, 0.25) is 5.91 Å². The lowest BCUT2D eigenvalue weighted by Crippen LogP contribution is -2.39. The molecule has 4 nitrogen and oxygen atoms in total. The maximum atomic E-state index is 13.3. The molecule has 3 rings (SSSR count). The molecule has 1 amide bonds. The van der Waals surface area contributed by atoms with E-state index in [4.69, 9.17) is 4.98 Å². The van der Waals surface area contributed by atoms with Crippen LogP contribution >= 0.6 is 35.5 Å². The van der Waals surface area contributed by atoms with Crippen molar-refractivity contribution < 1.29 is 4.79 Å². The predicted octanol–water partition coefficient (Wildman–Crippen LogP) is 6.45. The van der Waals surface area contributed by atoms with E-state index in [1.165, 1.54) is 16.0 Å². The van der Waals surface area contributed by atoms with Gasteiger partial charge in [0.05, 0.1) is 10.2 Å². The number of fused-ring (bicyclic) bond motifs is 1. The normalized spacial score (nSPS) is 11.0. The van der Waals surface area contributed by atoms with Crippen molar-refractivity contribution in [3.8, 4) is 0 Å². The Balaban J connectivity index is 0.00000363. The number of carbonyl (C=O) groups is 1. The van der Waals surface area contributed by atoms with Crippen molar-refractivity contribution in [2.24, 2.45) is 0 Å². The summed E-state index contributed by atoms with van der Waals surface area (Å²) in [7, 11) is 0. The Bertz CT molecular complexity index is 987. The van der Waals surface area contributed by atoms with E-state index in [1.807, 2.05) is 4.90 Å². The third-order valence-corrected chi connectivity index (χ3v) is 7.60. The molecule has 174 valence electrons. The summed E-state index contributed by atoms with van der Waals surface area (Å²) < 4.78 is 1.16. The molecule has 0 radical (unpaired) electrons. The van der Waals surface area contributed by atoms with Crippen molar-refractivity contribution in [3.63, 3.8) is 0 Å². The summed E-state index contributed by atoms with van der Waals surface area (Å²) in [4.78, 5) is 23.7. The zero-order chi connectivity index (χ0) is 22.2. The van der Waals surface area contributed by atoms with Gasteiger partial charge in [0.25, 0.3) is 0 Å². The van der Waals surface area contributed by atoms with Gasteiger partial charge in [-0.05, 0) is 50.2 Å². The standard InChI is InChI=1S/C25H33N3OS2.ClH/c1-5-20-9-8-10-22-24(20)26-25(31-22)28(17-16-27(6-2)7-3)23(29)15-18-30-21-13-11-19(4)12-14-21;/h8-14H,5-7,15-18H2,1-4H3;1H. The van der Waals surface area contributed by atoms with Crippen molar-refractivity contribution >= 4 is 56.8 Å². The van der Waals surface area contributed by atoms with E-state index in [-0.39, 0.29) is 18.3 Å². The minimum atomic E-state index is 0. The van der Waals surface area contributed by atoms with E-state index in [0.29, 0.717) is 13.0 Å². The minimum absolute atomic E-state index is 0. The Morgan fingerprint density at radius 3 is 2.41 bits per heavy atom. The molecular formula is C25H34ClN3OS2. The Morgan fingerprint density at radius 2 is 1.75 bits per heavy atom. The van der Waals surface area contributed by atoms with Crippen LogP contribution in [0.1, 0.15) is 38.3 Å². The molecule has 2 aromatic carbocycles. The zero-order valence-corrected chi connectivity index (χ0v) is 21.9. The van der Waals surface area contributed by atoms with Gasteiger partial charge in [-0.3, -0.25) is 9.69 Å². The fourth-order valence-corrected chi connectivity index (χ4v) is 5.43. The Labute approximate surface area is 206 Å². The van der Waals surface area contributed by atoms with Gasteiger partial charge in [-0.15, -0.1) is 24.2 Å². The molecule has 0 spiro atoms. The molecule has 0 aliphatic carbocycles. The highest BCUT2D eigenvalue weighted by molar-refractivity contribution is 7.99. The van der Waals surface area contributed by atoms with Crippen molar-refractivity contribution in [1.29, 1.82) is 0 Å². The van der Waals surface area contributed by atoms with Crippen LogP contribution in [0, 0.1) is 6.92 Å². The van der Waals surface area contributed by atoms with Crippen molar-refractivity contribution in [3.05, 3.63) is 53.6 Å². The number of nitrogens with zero attached hydrogens (tertiary/aromatic N) is 3. The largest absolute Gasteiger partial charge is 0.302 e. The van der Waals surface area contributed by atoms with Crippen LogP contribution in [-0.2, 0) is 11.2 Å². The fraction of sp³-hybridized carbons (Fsp3) is 0.440. The molecule has 0 saturated heterocycles. The smallest absolute Gasteiger partial charge is 0.229 e. The van der Waals surface area contributed by atoms with Crippen LogP contribution in [0.5, 0.6) is 0 Å². The highest BCUT2D eigenvalue weighted by atomic mass is 35.5. The third kappa shape index (κ3) is 6.95. The van der Waals surface area contributed by atoms with Crippen LogP contribution in [0.4, 0.5) is 5.13 Å². The molecule has 0 unspecified atom stereocenters. The lowest BCUT2D eigenvalue weighted by Gasteiger charge is -2.24. The molecule has 0 atom stereocenters. The number of para-hydroxylation sites is 1. The number of rotatable bonds is 11. The average molecular weight is 492 g/mol. The lowest BCUT2D eigenvalue weighted by molar-refractivity contribution is -0.118. The maximum absolute atomic E-state index is 13.3. The van der Waals surface area contributed by atoms with Crippen molar-refractivity contribution in [2.45, 2.75) is 45.4 Å². The maximum Gasteiger partial charge on any atom is 0.229 e. The Kier molecular flexibility index (Phi) is 11.0. The zero-order valence-electron chi connectivity index (χ0n) is 19.5. The molecule has 0 aliphatic rings. The first-order valence-corrected chi connectivity index (χ1v) is 13.0. The number of benzene rings is 2. The molecule has 1 aromatic heterocycles. The summed E-state index contributed by atoms with van der Waals surface area (Å²) >= 11 is 3.37. The number of hydrogen-bond donors (Lipinski definition) is 0. The van der Waals surface area contributed by atoms with Crippen molar-refractivity contribution in [1.82, 2.24) is 9.88 Å². The van der Waals surface area contributed by atoms with E-state index in [2.05, 4.69) is 75.1 Å². The summed E-state index contributed by atoms with van der Waals surface area (Å²) in [6, 6.07) is 14.8. The van der Waals surface area contributed by atoms with E-state index in [9.17, 15) is 4.79 Å². The predicted molar refractivity (Wildman–Crippen MR) is 143 cm³/mol. The number of aryl methyl sites for hydroxylation is 2. The lowest BCUT2D eigenvalue weighted by atomic mass is 10.1. The third-order valence-electron chi connectivity index (χ3n) is 5.54. The van der Waals surface area contributed by atoms with Crippen LogP contribution in [0.2, 0.25) is 0 Å². The number of likely N-dealkylation sites (N-methyl/N-ethyl adjacent to an activating group) is 1. The van der Waals surface area contributed by atoms with Gasteiger partial charge in [0, 0.05) is 30.2 Å². The van der Waals surface area contributed by atoms with Gasteiger partial charge in [-0.2, -0.15) is 0 Å². The molecule has 0 N–H and O–H groups in total. The number of carbonyl (C=O) groups excluding carboxylic acids is 1. The highest BCUT2D eigenvalue weighted by Crippen LogP contribution is 2.31. The number of aromatic nitrogens is 1. The summed E-state index contributed by atoms with van der Waals surface area (Å²) in [5.41, 5.74) is 3.54. The molecule has 0 saturated carbocycles. The molecule has 7 heteroatoms. The topological polar surface area (TPSA) is 36.4 Å². The Morgan fingerprint density at radius 1 is 1.03 bits per heavy atom. The highest BCUT2D eigenvalue weighted by Gasteiger charge is 2.21. The molecule has 0 bridgehead atoms. The van der Waals surface area contributed by atoms with E-state index in [0.717, 1.165) is 47.2 Å². The molecule has 32 heavy (non-hydrogen) atoms.